The molecule has 0 aliphatic carbocycles. The van der Waals surface area contributed by atoms with E-state index in [-0.39, 0.29) is 5.91 Å². The van der Waals surface area contributed by atoms with Crippen molar-refractivity contribution in [2.45, 2.75) is 19.8 Å². The van der Waals surface area contributed by atoms with Crippen molar-refractivity contribution in [1.82, 2.24) is 4.90 Å². The number of carbonyl (C=O) groups is 1. The maximum absolute atomic E-state index is 10.9. The molecule has 0 spiro atoms. The fourth-order valence-electron chi connectivity index (χ4n) is 1.31. The molecule has 5 heteroatoms. The van der Waals surface area contributed by atoms with Gasteiger partial charge in [-0.2, -0.15) is 0 Å². The number of hydrogen-bond donors (Lipinski definition) is 0. The summed E-state index contributed by atoms with van der Waals surface area (Å²) in [6.07, 6.45) is 2.36. The molecular weight excluding hydrogens is 160 g/mol. The SMILES string of the molecule is CC(=O)N1CCCC1=C[N+](=O)[O-]. The Bertz CT molecular complexity index is 247. The molecule has 1 heterocycles. The van der Waals surface area contributed by atoms with Gasteiger partial charge in [0.2, 0.25) is 5.91 Å². The number of allylic oxidation sites excluding steroid dienone is 1. The van der Waals surface area contributed by atoms with E-state index in [0.717, 1.165) is 12.6 Å². The van der Waals surface area contributed by atoms with Crippen molar-refractivity contribution in [3.8, 4) is 0 Å². The van der Waals surface area contributed by atoms with E-state index in [1.54, 1.807) is 0 Å². The van der Waals surface area contributed by atoms with Crippen LogP contribution in [0.5, 0.6) is 0 Å². The minimum atomic E-state index is -0.517. The van der Waals surface area contributed by atoms with Crippen LogP contribution in [0.3, 0.4) is 0 Å². The zero-order valence-corrected chi connectivity index (χ0v) is 6.82. The zero-order chi connectivity index (χ0) is 9.14. The molecule has 66 valence electrons. The lowest BCUT2D eigenvalue weighted by atomic mass is 10.3. The molecule has 1 saturated heterocycles. The predicted octanol–water partition coefficient (Wildman–Crippen LogP) is 0.747. The third-order valence-electron chi connectivity index (χ3n) is 1.80. The number of nitro groups is 1. The Hall–Kier alpha value is -1.39. The van der Waals surface area contributed by atoms with Crippen LogP contribution in [0.2, 0.25) is 0 Å². The normalized spacial score (nSPS) is 20.1. The van der Waals surface area contributed by atoms with Gasteiger partial charge in [-0.25, -0.2) is 0 Å². The van der Waals surface area contributed by atoms with Gasteiger partial charge in [-0.3, -0.25) is 14.9 Å². The third-order valence-corrected chi connectivity index (χ3v) is 1.80. The highest BCUT2D eigenvalue weighted by molar-refractivity contribution is 5.75. The van der Waals surface area contributed by atoms with Crippen LogP contribution in [0.4, 0.5) is 0 Å². The van der Waals surface area contributed by atoms with E-state index in [0.29, 0.717) is 18.7 Å². The van der Waals surface area contributed by atoms with Gasteiger partial charge in [0.25, 0.3) is 6.20 Å². The number of carbonyl (C=O) groups excluding carboxylic acids is 1. The van der Waals surface area contributed by atoms with Gasteiger partial charge in [-0.15, -0.1) is 0 Å². The summed E-state index contributed by atoms with van der Waals surface area (Å²) in [6, 6.07) is 0. The smallest absolute Gasteiger partial charge is 0.253 e. The Labute approximate surface area is 69.8 Å². The van der Waals surface area contributed by atoms with Crippen LogP contribution in [0, 0.1) is 10.1 Å². The van der Waals surface area contributed by atoms with E-state index >= 15 is 0 Å². The van der Waals surface area contributed by atoms with Gasteiger partial charge in [-0.05, 0) is 12.8 Å². The lowest BCUT2D eigenvalue weighted by Gasteiger charge is -2.12. The highest BCUT2D eigenvalue weighted by atomic mass is 16.6. The first-order valence-corrected chi connectivity index (χ1v) is 3.73. The van der Waals surface area contributed by atoms with Crippen LogP contribution in [0.15, 0.2) is 11.9 Å². The zero-order valence-electron chi connectivity index (χ0n) is 6.82. The fraction of sp³-hybridized carbons (Fsp3) is 0.571. The highest BCUT2D eigenvalue weighted by Gasteiger charge is 2.22. The average molecular weight is 170 g/mol. The van der Waals surface area contributed by atoms with Gasteiger partial charge in [0.15, 0.2) is 0 Å². The fourth-order valence-corrected chi connectivity index (χ4v) is 1.31. The maximum atomic E-state index is 10.9. The van der Waals surface area contributed by atoms with Gasteiger partial charge in [0.05, 0.1) is 10.6 Å². The molecule has 0 unspecified atom stereocenters. The van der Waals surface area contributed by atoms with Gasteiger partial charge >= 0.3 is 0 Å². The molecule has 1 fully saturated rings. The second kappa shape index (κ2) is 3.34. The molecule has 5 nitrogen and oxygen atoms in total. The Morgan fingerprint density at radius 1 is 1.75 bits per heavy atom. The van der Waals surface area contributed by atoms with E-state index in [1.165, 1.54) is 11.8 Å². The summed E-state index contributed by atoms with van der Waals surface area (Å²) >= 11 is 0. The predicted molar refractivity (Wildman–Crippen MR) is 41.7 cm³/mol. The van der Waals surface area contributed by atoms with Gasteiger partial charge < -0.3 is 4.90 Å². The van der Waals surface area contributed by atoms with Crippen molar-refractivity contribution in [2.24, 2.45) is 0 Å². The van der Waals surface area contributed by atoms with Crippen molar-refractivity contribution in [3.05, 3.63) is 22.0 Å². The molecule has 0 radical (unpaired) electrons. The Morgan fingerprint density at radius 3 is 2.92 bits per heavy atom. The molecule has 0 aromatic carbocycles. The molecule has 12 heavy (non-hydrogen) atoms. The number of amides is 1. The monoisotopic (exact) mass is 170 g/mol. The van der Waals surface area contributed by atoms with Gasteiger partial charge in [0, 0.05) is 13.5 Å². The molecule has 0 aromatic rings. The van der Waals surface area contributed by atoms with Crippen LogP contribution in [-0.4, -0.2) is 22.3 Å². The highest BCUT2D eigenvalue weighted by Crippen LogP contribution is 2.20. The van der Waals surface area contributed by atoms with Crippen molar-refractivity contribution < 1.29 is 9.72 Å². The topological polar surface area (TPSA) is 63.5 Å². The summed E-state index contributed by atoms with van der Waals surface area (Å²) in [5.41, 5.74) is 0.521. The summed E-state index contributed by atoms with van der Waals surface area (Å²) in [6.45, 7) is 2.02. The van der Waals surface area contributed by atoms with Crippen molar-refractivity contribution in [2.75, 3.05) is 6.54 Å². The molecule has 1 aliphatic rings. The van der Waals surface area contributed by atoms with Crippen LogP contribution in [0.25, 0.3) is 0 Å². The van der Waals surface area contributed by atoms with Gasteiger partial charge in [0.1, 0.15) is 0 Å². The van der Waals surface area contributed by atoms with E-state index in [4.69, 9.17) is 0 Å². The minimum absolute atomic E-state index is 0.124. The lowest BCUT2D eigenvalue weighted by molar-refractivity contribution is -0.404. The maximum Gasteiger partial charge on any atom is 0.253 e. The summed E-state index contributed by atoms with van der Waals surface area (Å²) in [5, 5.41) is 10.1. The lowest BCUT2D eigenvalue weighted by Crippen LogP contribution is -2.23. The largest absolute Gasteiger partial charge is 0.311 e. The molecule has 1 rings (SSSR count). The molecule has 1 aliphatic heterocycles. The van der Waals surface area contributed by atoms with Crippen LogP contribution < -0.4 is 0 Å². The van der Waals surface area contributed by atoms with Crippen molar-refractivity contribution in [1.29, 1.82) is 0 Å². The second-order valence-corrected chi connectivity index (χ2v) is 2.68. The standard InChI is InChI=1S/C7H10N2O3/c1-6(10)8-4-2-3-7(8)5-9(11)12/h5H,2-4H2,1H3. The summed E-state index contributed by atoms with van der Waals surface area (Å²) < 4.78 is 0. The number of nitrogens with zero attached hydrogens (tertiary/aromatic N) is 2. The van der Waals surface area contributed by atoms with Crippen LogP contribution in [-0.2, 0) is 4.79 Å². The molecule has 0 atom stereocenters. The first-order chi connectivity index (χ1) is 5.61. The van der Waals surface area contributed by atoms with E-state index < -0.39 is 4.92 Å². The molecule has 0 saturated carbocycles. The van der Waals surface area contributed by atoms with E-state index in [1.807, 2.05) is 0 Å². The summed E-state index contributed by atoms with van der Waals surface area (Å²) in [5.74, 6) is -0.124. The first kappa shape index (κ1) is 8.70. The summed E-state index contributed by atoms with van der Waals surface area (Å²) in [7, 11) is 0. The van der Waals surface area contributed by atoms with E-state index in [9.17, 15) is 14.9 Å². The van der Waals surface area contributed by atoms with Crippen molar-refractivity contribution in [3.63, 3.8) is 0 Å². The quantitative estimate of drug-likeness (QED) is 0.430. The molecule has 0 N–H and O–H groups in total. The van der Waals surface area contributed by atoms with E-state index in [2.05, 4.69) is 0 Å². The van der Waals surface area contributed by atoms with Crippen LogP contribution in [0.1, 0.15) is 19.8 Å². The molecule has 0 bridgehead atoms. The number of likely N-dealkylation sites (tertiary alicyclic amines) is 1. The number of rotatable bonds is 1. The minimum Gasteiger partial charge on any atom is -0.311 e. The Balaban J connectivity index is 2.76. The summed E-state index contributed by atoms with van der Waals surface area (Å²) in [4.78, 5) is 21.9. The average Bonchev–Trinajstić information content (AvgIpc) is 2.33. The second-order valence-electron chi connectivity index (χ2n) is 2.68. The third kappa shape index (κ3) is 1.81. The molecule has 0 aromatic heterocycles. The Kier molecular flexibility index (Phi) is 2.42. The van der Waals surface area contributed by atoms with Gasteiger partial charge in [-0.1, -0.05) is 0 Å². The van der Waals surface area contributed by atoms with Crippen LogP contribution >= 0.6 is 0 Å². The number of hydrogen-bond acceptors (Lipinski definition) is 3. The molecular formula is C7H10N2O3. The molecule has 1 amide bonds. The van der Waals surface area contributed by atoms with Crippen molar-refractivity contribution >= 4 is 5.91 Å². The first-order valence-electron chi connectivity index (χ1n) is 3.73. The Morgan fingerprint density at radius 2 is 2.42 bits per heavy atom.